The van der Waals surface area contributed by atoms with Crippen LogP contribution < -0.4 is 0 Å². The molecule has 2 heterocycles. The van der Waals surface area contributed by atoms with Crippen molar-refractivity contribution in [2.24, 2.45) is 5.16 Å². The molecule has 5 heteroatoms. The van der Waals surface area contributed by atoms with Gasteiger partial charge in [0.05, 0.1) is 5.71 Å². The van der Waals surface area contributed by atoms with E-state index in [0.29, 0.717) is 25.7 Å². The third-order valence-corrected chi connectivity index (χ3v) is 2.41. The Morgan fingerprint density at radius 2 is 2.00 bits per heavy atom. The molecule has 0 bridgehead atoms. The van der Waals surface area contributed by atoms with Gasteiger partial charge in [-0.2, -0.15) is 0 Å². The van der Waals surface area contributed by atoms with Crippen molar-refractivity contribution in [2.45, 2.75) is 38.8 Å². The van der Waals surface area contributed by atoms with Crippen LogP contribution >= 0.6 is 0 Å². The summed E-state index contributed by atoms with van der Waals surface area (Å²) >= 11 is 0. The fourth-order valence-electron chi connectivity index (χ4n) is 1.71. The quantitative estimate of drug-likeness (QED) is 0.578. The second-order valence-corrected chi connectivity index (χ2v) is 3.60. The Morgan fingerprint density at radius 1 is 1.36 bits per heavy atom. The van der Waals surface area contributed by atoms with E-state index < -0.39 is 6.23 Å². The van der Waals surface area contributed by atoms with Crippen molar-refractivity contribution in [1.29, 1.82) is 0 Å². The number of nitrogens with zero attached hydrogens (tertiary/aromatic N) is 2. The molecule has 0 aromatic heterocycles. The summed E-state index contributed by atoms with van der Waals surface area (Å²) in [4.78, 5) is 29.2. The highest BCUT2D eigenvalue weighted by Gasteiger charge is 2.36. The minimum Gasteiger partial charge on any atom is -0.370 e. The van der Waals surface area contributed by atoms with Crippen LogP contribution in [0.1, 0.15) is 32.6 Å². The number of amides is 2. The number of piperidine rings is 1. The Morgan fingerprint density at radius 3 is 2.50 bits per heavy atom. The summed E-state index contributed by atoms with van der Waals surface area (Å²) in [6.45, 7) is 1.82. The average molecular weight is 196 g/mol. The molecule has 0 aromatic carbocycles. The molecule has 1 fully saturated rings. The predicted molar refractivity (Wildman–Crippen MR) is 48.3 cm³/mol. The summed E-state index contributed by atoms with van der Waals surface area (Å²) in [5.74, 6) is -0.285. The van der Waals surface area contributed by atoms with Crippen molar-refractivity contribution < 1.29 is 14.4 Å². The predicted octanol–water partition coefficient (Wildman–Crippen LogP) is 0.648. The molecule has 0 spiro atoms. The molecule has 2 aliphatic rings. The molecule has 76 valence electrons. The second-order valence-electron chi connectivity index (χ2n) is 3.60. The minimum absolute atomic E-state index is 0.142. The van der Waals surface area contributed by atoms with Crippen molar-refractivity contribution in [1.82, 2.24) is 4.90 Å². The lowest BCUT2D eigenvalue weighted by Crippen LogP contribution is -2.47. The molecule has 1 saturated heterocycles. The van der Waals surface area contributed by atoms with Gasteiger partial charge in [-0.25, -0.2) is 4.90 Å². The summed E-state index contributed by atoms with van der Waals surface area (Å²) < 4.78 is 0. The van der Waals surface area contributed by atoms with Crippen LogP contribution in [0.5, 0.6) is 0 Å². The van der Waals surface area contributed by atoms with E-state index in [2.05, 4.69) is 5.16 Å². The first-order chi connectivity index (χ1) is 6.68. The topological polar surface area (TPSA) is 59.0 Å². The van der Waals surface area contributed by atoms with E-state index in [4.69, 9.17) is 4.84 Å². The largest absolute Gasteiger partial charge is 0.370 e. The van der Waals surface area contributed by atoms with E-state index in [1.165, 1.54) is 4.90 Å². The van der Waals surface area contributed by atoms with Crippen molar-refractivity contribution in [2.75, 3.05) is 0 Å². The van der Waals surface area contributed by atoms with Gasteiger partial charge in [0.25, 0.3) is 0 Å². The minimum atomic E-state index is -0.490. The molecule has 2 rings (SSSR count). The maximum absolute atomic E-state index is 11.5. The zero-order chi connectivity index (χ0) is 10.1. The van der Waals surface area contributed by atoms with Gasteiger partial charge in [-0.1, -0.05) is 5.16 Å². The highest BCUT2D eigenvalue weighted by molar-refractivity contribution is 5.98. The molecule has 1 atom stereocenters. The van der Waals surface area contributed by atoms with Crippen molar-refractivity contribution in [3.05, 3.63) is 0 Å². The van der Waals surface area contributed by atoms with Gasteiger partial charge < -0.3 is 4.84 Å². The fraction of sp³-hybridized carbons (Fsp3) is 0.667. The van der Waals surface area contributed by atoms with Crippen LogP contribution in [-0.2, 0) is 14.4 Å². The van der Waals surface area contributed by atoms with Crippen LogP contribution in [0.25, 0.3) is 0 Å². The third-order valence-electron chi connectivity index (χ3n) is 2.41. The van der Waals surface area contributed by atoms with Gasteiger partial charge in [-0.3, -0.25) is 9.59 Å². The lowest BCUT2D eigenvalue weighted by Gasteiger charge is -2.28. The summed E-state index contributed by atoms with van der Waals surface area (Å²) in [6.07, 6.45) is 1.57. The summed E-state index contributed by atoms with van der Waals surface area (Å²) in [6, 6.07) is 0. The number of oxime groups is 1. The monoisotopic (exact) mass is 196 g/mol. The summed E-state index contributed by atoms with van der Waals surface area (Å²) in [7, 11) is 0. The highest BCUT2D eigenvalue weighted by atomic mass is 16.7. The van der Waals surface area contributed by atoms with Crippen LogP contribution in [0.2, 0.25) is 0 Å². The standard InChI is InChI=1S/C9H12N2O3/c1-6-5-9(14-10-6)11-7(12)3-2-4-8(11)13/h9H,2-5H2,1H3. The van der Waals surface area contributed by atoms with Gasteiger partial charge in [-0.15, -0.1) is 0 Å². The number of carbonyl (C=O) groups excluding carboxylic acids is 2. The Balaban J connectivity index is 2.08. The highest BCUT2D eigenvalue weighted by Crippen LogP contribution is 2.21. The Kier molecular flexibility index (Phi) is 2.23. The van der Waals surface area contributed by atoms with Gasteiger partial charge in [0.1, 0.15) is 0 Å². The number of hydrogen-bond acceptors (Lipinski definition) is 4. The lowest BCUT2D eigenvalue weighted by molar-refractivity contribution is -0.161. The molecule has 0 saturated carbocycles. The molecule has 1 unspecified atom stereocenters. The SMILES string of the molecule is CC1=NOC(N2C(=O)CCCC2=O)C1. The van der Waals surface area contributed by atoms with Crippen molar-refractivity contribution >= 4 is 17.5 Å². The Labute approximate surface area is 81.7 Å². The van der Waals surface area contributed by atoms with Crippen LogP contribution in [0.3, 0.4) is 0 Å². The second kappa shape index (κ2) is 3.40. The Hall–Kier alpha value is -1.39. The molecular formula is C9H12N2O3. The molecule has 0 N–H and O–H groups in total. The van der Waals surface area contributed by atoms with Gasteiger partial charge >= 0.3 is 0 Å². The van der Waals surface area contributed by atoms with Gasteiger partial charge in [0.15, 0.2) is 0 Å². The molecular weight excluding hydrogens is 184 g/mol. The van der Waals surface area contributed by atoms with Crippen LogP contribution in [0, 0.1) is 0 Å². The van der Waals surface area contributed by atoms with Crippen molar-refractivity contribution in [3.63, 3.8) is 0 Å². The van der Waals surface area contributed by atoms with E-state index in [-0.39, 0.29) is 11.8 Å². The van der Waals surface area contributed by atoms with E-state index in [1.54, 1.807) is 0 Å². The molecule has 0 aliphatic carbocycles. The number of hydrogen-bond donors (Lipinski definition) is 0. The van der Waals surface area contributed by atoms with Crippen LogP contribution in [-0.4, -0.2) is 28.7 Å². The average Bonchev–Trinajstić information content (AvgIpc) is 2.51. The van der Waals surface area contributed by atoms with Crippen LogP contribution in [0.15, 0.2) is 5.16 Å². The summed E-state index contributed by atoms with van der Waals surface area (Å²) in [5, 5.41) is 3.73. The number of imide groups is 1. The van der Waals surface area contributed by atoms with E-state index in [1.807, 2.05) is 6.92 Å². The molecule has 0 aromatic rings. The third kappa shape index (κ3) is 1.49. The van der Waals surface area contributed by atoms with Gasteiger partial charge in [0.2, 0.25) is 18.0 Å². The summed E-state index contributed by atoms with van der Waals surface area (Å²) in [5.41, 5.74) is 0.821. The smallest absolute Gasteiger partial charge is 0.232 e. The normalized spacial score (nSPS) is 27.6. The van der Waals surface area contributed by atoms with Gasteiger partial charge in [-0.05, 0) is 13.3 Å². The number of likely N-dealkylation sites (tertiary alicyclic amines) is 1. The van der Waals surface area contributed by atoms with E-state index >= 15 is 0 Å². The number of carbonyl (C=O) groups is 2. The maximum atomic E-state index is 11.5. The molecule has 0 radical (unpaired) electrons. The first-order valence-electron chi connectivity index (χ1n) is 4.72. The van der Waals surface area contributed by atoms with E-state index in [9.17, 15) is 9.59 Å². The van der Waals surface area contributed by atoms with Crippen molar-refractivity contribution in [3.8, 4) is 0 Å². The zero-order valence-electron chi connectivity index (χ0n) is 8.02. The first kappa shape index (κ1) is 9.18. The molecule has 14 heavy (non-hydrogen) atoms. The molecule has 5 nitrogen and oxygen atoms in total. The van der Waals surface area contributed by atoms with Crippen LogP contribution in [0.4, 0.5) is 0 Å². The lowest BCUT2D eigenvalue weighted by atomic mass is 10.1. The fourth-order valence-corrected chi connectivity index (χ4v) is 1.71. The zero-order valence-corrected chi connectivity index (χ0v) is 8.02. The first-order valence-corrected chi connectivity index (χ1v) is 4.72. The van der Waals surface area contributed by atoms with Gasteiger partial charge in [0, 0.05) is 19.3 Å². The molecule has 2 aliphatic heterocycles. The van der Waals surface area contributed by atoms with E-state index in [0.717, 1.165) is 5.71 Å². The number of rotatable bonds is 1. The maximum Gasteiger partial charge on any atom is 0.232 e. The molecule has 2 amide bonds. The Bertz CT molecular complexity index is 295.